The molecule has 1 aromatic rings. The Morgan fingerprint density at radius 3 is 2.70 bits per heavy atom. The highest BCUT2D eigenvalue weighted by atomic mass is 32.2. The van der Waals surface area contributed by atoms with Crippen LogP contribution >= 0.6 is 0 Å². The molecule has 5 nitrogen and oxygen atoms in total. The van der Waals surface area contributed by atoms with Gasteiger partial charge in [0.05, 0.1) is 30.1 Å². The lowest BCUT2D eigenvalue weighted by atomic mass is 10.1. The first-order chi connectivity index (χ1) is 9.29. The van der Waals surface area contributed by atoms with Crippen molar-refractivity contribution in [3.8, 4) is 6.07 Å². The average Bonchev–Trinajstić information content (AvgIpc) is 2.39. The zero-order valence-electron chi connectivity index (χ0n) is 11.1. The van der Waals surface area contributed by atoms with E-state index in [1.54, 1.807) is 6.07 Å². The van der Waals surface area contributed by atoms with Crippen molar-refractivity contribution >= 4 is 15.8 Å². The molecule has 0 radical (unpaired) electrons. The van der Waals surface area contributed by atoms with E-state index in [2.05, 4.69) is 4.74 Å². The van der Waals surface area contributed by atoms with Gasteiger partial charge in [-0.15, -0.1) is 0 Å². The van der Waals surface area contributed by atoms with Gasteiger partial charge in [-0.25, -0.2) is 12.8 Å². The maximum Gasteiger partial charge on any atom is 0.309 e. The number of hydrogen-bond donors (Lipinski definition) is 0. The van der Waals surface area contributed by atoms with Crippen molar-refractivity contribution in [1.29, 1.82) is 5.26 Å². The van der Waals surface area contributed by atoms with Gasteiger partial charge in [-0.2, -0.15) is 5.26 Å². The Bertz CT molecular complexity index is 649. The van der Waals surface area contributed by atoms with Crippen LogP contribution in [0.2, 0.25) is 0 Å². The molecule has 0 aliphatic carbocycles. The summed E-state index contributed by atoms with van der Waals surface area (Å²) in [5.74, 6) is -2.80. The van der Waals surface area contributed by atoms with Crippen LogP contribution in [0.1, 0.15) is 18.1 Å². The average molecular weight is 299 g/mol. The van der Waals surface area contributed by atoms with Crippen molar-refractivity contribution in [2.24, 2.45) is 5.92 Å². The third kappa shape index (κ3) is 4.31. The molecule has 0 saturated carbocycles. The highest BCUT2D eigenvalue weighted by molar-refractivity contribution is 7.90. The van der Waals surface area contributed by atoms with Crippen LogP contribution < -0.4 is 0 Å². The minimum Gasteiger partial charge on any atom is -0.469 e. The summed E-state index contributed by atoms with van der Waals surface area (Å²) in [7, 11) is -2.37. The molecule has 1 rings (SSSR count). The fourth-order valence-electron chi connectivity index (χ4n) is 1.71. The van der Waals surface area contributed by atoms with Crippen molar-refractivity contribution in [3.05, 3.63) is 35.1 Å². The standard InChI is InChI=1S/C13H14FNO4S/c1-9(13(16)19-2)7-20(17,18)8-10-3-4-12(14)11(5-10)6-15/h3-5,9H,7-8H2,1-2H3. The summed E-state index contributed by atoms with van der Waals surface area (Å²) in [6.45, 7) is 1.45. The molecule has 0 saturated heterocycles. The van der Waals surface area contributed by atoms with Gasteiger partial charge in [-0.3, -0.25) is 4.79 Å². The van der Waals surface area contributed by atoms with E-state index in [9.17, 15) is 17.6 Å². The van der Waals surface area contributed by atoms with Crippen LogP contribution in [0.3, 0.4) is 0 Å². The number of carbonyl (C=O) groups excluding carboxylic acids is 1. The van der Waals surface area contributed by atoms with Crippen molar-refractivity contribution in [1.82, 2.24) is 0 Å². The summed E-state index contributed by atoms with van der Waals surface area (Å²) >= 11 is 0. The molecule has 0 fully saturated rings. The highest BCUT2D eigenvalue weighted by Crippen LogP contribution is 2.14. The first kappa shape index (κ1) is 16.1. The third-order valence-electron chi connectivity index (χ3n) is 2.65. The highest BCUT2D eigenvalue weighted by Gasteiger charge is 2.22. The minimum atomic E-state index is -3.56. The van der Waals surface area contributed by atoms with E-state index in [0.717, 1.165) is 6.07 Å². The molecule has 0 aliphatic heterocycles. The van der Waals surface area contributed by atoms with Gasteiger partial charge >= 0.3 is 5.97 Å². The Kier molecular flexibility index (Phi) is 5.22. The van der Waals surface area contributed by atoms with Gasteiger partial charge in [0.25, 0.3) is 0 Å². The number of benzene rings is 1. The topological polar surface area (TPSA) is 84.2 Å². The normalized spacial score (nSPS) is 12.5. The monoisotopic (exact) mass is 299 g/mol. The summed E-state index contributed by atoms with van der Waals surface area (Å²) in [5, 5.41) is 8.69. The second-order valence-corrected chi connectivity index (χ2v) is 6.51. The predicted molar refractivity (Wildman–Crippen MR) is 69.8 cm³/mol. The van der Waals surface area contributed by atoms with Crippen LogP contribution in [0.25, 0.3) is 0 Å². The molecule has 1 aromatic carbocycles. The molecule has 0 bridgehead atoms. The summed E-state index contributed by atoms with van der Waals surface area (Å²) in [5.41, 5.74) is 0.0960. The number of nitriles is 1. The maximum atomic E-state index is 13.1. The van der Waals surface area contributed by atoms with Gasteiger partial charge in [0.1, 0.15) is 11.9 Å². The van der Waals surface area contributed by atoms with Crippen molar-refractivity contribution < 1.29 is 22.3 Å². The van der Waals surface area contributed by atoms with Crippen LogP contribution in [0.4, 0.5) is 4.39 Å². The van der Waals surface area contributed by atoms with Gasteiger partial charge in [0.2, 0.25) is 0 Å². The first-order valence-corrected chi connectivity index (χ1v) is 7.58. The van der Waals surface area contributed by atoms with Crippen LogP contribution in [0, 0.1) is 23.1 Å². The van der Waals surface area contributed by atoms with E-state index in [4.69, 9.17) is 5.26 Å². The molecule has 1 atom stereocenters. The first-order valence-electron chi connectivity index (χ1n) is 5.76. The van der Waals surface area contributed by atoms with Crippen LogP contribution in [0.15, 0.2) is 18.2 Å². The van der Waals surface area contributed by atoms with Gasteiger partial charge in [0.15, 0.2) is 9.84 Å². The Morgan fingerprint density at radius 1 is 1.50 bits per heavy atom. The number of sulfone groups is 1. The predicted octanol–water partition coefficient (Wildman–Crippen LogP) is 1.42. The Labute approximate surface area is 116 Å². The number of esters is 1. The number of carbonyl (C=O) groups is 1. The number of halogens is 1. The van der Waals surface area contributed by atoms with Crippen LogP contribution in [-0.4, -0.2) is 27.2 Å². The number of ether oxygens (including phenoxy) is 1. The van der Waals surface area contributed by atoms with Gasteiger partial charge in [0, 0.05) is 0 Å². The van der Waals surface area contributed by atoms with Gasteiger partial charge < -0.3 is 4.74 Å². The largest absolute Gasteiger partial charge is 0.469 e. The van der Waals surface area contributed by atoms with E-state index in [1.165, 1.54) is 26.2 Å². The summed E-state index contributed by atoms with van der Waals surface area (Å²) in [6, 6.07) is 5.19. The molecule has 0 heterocycles. The fourth-order valence-corrected chi connectivity index (χ4v) is 3.41. The van der Waals surface area contributed by atoms with E-state index in [-0.39, 0.29) is 17.1 Å². The number of hydrogen-bond acceptors (Lipinski definition) is 5. The number of methoxy groups -OCH3 is 1. The zero-order valence-corrected chi connectivity index (χ0v) is 11.9. The molecule has 0 N–H and O–H groups in total. The molecule has 7 heteroatoms. The van der Waals surface area contributed by atoms with Crippen molar-refractivity contribution in [2.45, 2.75) is 12.7 Å². The molecular weight excluding hydrogens is 285 g/mol. The molecule has 0 aliphatic rings. The second kappa shape index (κ2) is 6.48. The lowest BCUT2D eigenvalue weighted by molar-refractivity contribution is -0.144. The summed E-state index contributed by atoms with van der Waals surface area (Å²) in [4.78, 5) is 11.2. The molecule has 0 amide bonds. The molecular formula is C13H14FNO4S. The van der Waals surface area contributed by atoms with Crippen LogP contribution in [0.5, 0.6) is 0 Å². The smallest absolute Gasteiger partial charge is 0.309 e. The Hall–Kier alpha value is -1.94. The van der Waals surface area contributed by atoms with E-state index in [0.29, 0.717) is 5.56 Å². The van der Waals surface area contributed by atoms with E-state index < -0.39 is 27.5 Å². The number of rotatable bonds is 5. The fraction of sp³-hybridized carbons (Fsp3) is 0.385. The Morgan fingerprint density at radius 2 is 2.15 bits per heavy atom. The lowest BCUT2D eigenvalue weighted by Crippen LogP contribution is -2.23. The van der Waals surface area contributed by atoms with E-state index in [1.807, 2.05) is 0 Å². The zero-order chi connectivity index (χ0) is 15.3. The van der Waals surface area contributed by atoms with Gasteiger partial charge in [-0.05, 0) is 17.7 Å². The van der Waals surface area contributed by atoms with Gasteiger partial charge in [-0.1, -0.05) is 13.0 Å². The SMILES string of the molecule is COC(=O)C(C)CS(=O)(=O)Cc1ccc(F)c(C#N)c1. The maximum absolute atomic E-state index is 13.1. The Balaban J connectivity index is 2.87. The molecule has 0 spiro atoms. The van der Waals surface area contributed by atoms with Crippen molar-refractivity contribution in [2.75, 3.05) is 12.9 Å². The summed E-state index contributed by atoms with van der Waals surface area (Å²) < 4.78 is 41.5. The van der Waals surface area contributed by atoms with Crippen LogP contribution in [-0.2, 0) is 25.1 Å². The third-order valence-corrected chi connectivity index (χ3v) is 4.43. The summed E-state index contributed by atoms with van der Waals surface area (Å²) in [6.07, 6.45) is 0. The quantitative estimate of drug-likeness (QED) is 0.768. The number of nitrogens with zero attached hydrogens (tertiary/aromatic N) is 1. The second-order valence-electron chi connectivity index (χ2n) is 4.40. The van der Waals surface area contributed by atoms with Crippen molar-refractivity contribution in [3.63, 3.8) is 0 Å². The minimum absolute atomic E-state index is 0.210. The molecule has 0 aromatic heterocycles. The molecule has 1 unspecified atom stereocenters. The molecule has 20 heavy (non-hydrogen) atoms. The van der Waals surface area contributed by atoms with E-state index >= 15 is 0 Å². The lowest BCUT2D eigenvalue weighted by Gasteiger charge is -2.10. The molecule has 108 valence electrons.